The highest BCUT2D eigenvalue weighted by Crippen LogP contribution is 2.26. The first-order valence-corrected chi connectivity index (χ1v) is 8.99. The van der Waals surface area contributed by atoms with Crippen molar-refractivity contribution < 1.29 is 14.3 Å². The third kappa shape index (κ3) is 4.68. The number of nitrogens with one attached hydrogen (secondary N) is 1. The quantitative estimate of drug-likeness (QED) is 0.630. The first-order chi connectivity index (χ1) is 11.4. The van der Waals surface area contributed by atoms with Crippen LogP contribution in [0, 0.1) is 6.92 Å². The predicted molar refractivity (Wildman–Crippen MR) is 102 cm³/mol. The summed E-state index contributed by atoms with van der Waals surface area (Å²) in [5.74, 6) is 0.112. The van der Waals surface area contributed by atoms with E-state index in [4.69, 9.17) is 4.74 Å². The van der Waals surface area contributed by atoms with Gasteiger partial charge in [-0.1, -0.05) is 38.8 Å². The number of carbonyl (C=O) groups is 2. The largest absolute Gasteiger partial charge is 0.483 e. The molecule has 0 unspecified atom stereocenters. The van der Waals surface area contributed by atoms with Crippen molar-refractivity contribution >= 4 is 49.7 Å². The molecule has 0 fully saturated rings. The molecule has 0 heterocycles. The van der Waals surface area contributed by atoms with E-state index in [0.29, 0.717) is 17.6 Å². The van der Waals surface area contributed by atoms with E-state index in [9.17, 15) is 9.59 Å². The smallest absolute Gasteiger partial charge is 0.262 e. The van der Waals surface area contributed by atoms with Crippen molar-refractivity contribution in [1.29, 1.82) is 0 Å². The zero-order valence-electron chi connectivity index (χ0n) is 13.4. The molecule has 0 saturated carbocycles. The van der Waals surface area contributed by atoms with Gasteiger partial charge in [0.15, 0.2) is 12.9 Å². The van der Waals surface area contributed by atoms with Crippen molar-refractivity contribution in [3.63, 3.8) is 0 Å². The third-order valence-electron chi connectivity index (χ3n) is 3.48. The molecule has 2 aromatic rings. The molecule has 6 heteroatoms. The summed E-state index contributed by atoms with van der Waals surface area (Å²) < 4.78 is 7.24. The molecule has 0 spiro atoms. The molecule has 0 aliphatic rings. The van der Waals surface area contributed by atoms with Gasteiger partial charge in [0.05, 0.1) is 5.56 Å². The molecule has 0 aliphatic heterocycles. The molecule has 24 heavy (non-hydrogen) atoms. The lowest BCUT2D eigenvalue weighted by atomic mass is 10.1. The molecule has 126 valence electrons. The number of anilines is 1. The van der Waals surface area contributed by atoms with E-state index in [0.717, 1.165) is 32.2 Å². The molecule has 0 aliphatic carbocycles. The van der Waals surface area contributed by atoms with Gasteiger partial charge < -0.3 is 10.1 Å². The van der Waals surface area contributed by atoms with Crippen LogP contribution in [0.4, 0.5) is 5.69 Å². The van der Waals surface area contributed by atoms with Gasteiger partial charge in [-0.05, 0) is 54.8 Å². The fraction of sp³-hybridized carbons (Fsp3) is 0.222. The minimum absolute atomic E-state index is 0.166. The summed E-state index contributed by atoms with van der Waals surface area (Å²) >= 11 is 6.76. The van der Waals surface area contributed by atoms with Gasteiger partial charge in [0.25, 0.3) is 5.91 Å². The van der Waals surface area contributed by atoms with E-state index < -0.39 is 0 Å². The Bertz CT molecular complexity index is 775. The van der Waals surface area contributed by atoms with E-state index in [2.05, 4.69) is 37.2 Å². The summed E-state index contributed by atoms with van der Waals surface area (Å²) in [7, 11) is 0. The normalized spacial score (nSPS) is 10.3. The number of carbonyl (C=O) groups excluding carboxylic acids is 2. The molecule has 1 amide bonds. The summed E-state index contributed by atoms with van der Waals surface area (Å²) in [6.07, 6.45) is 1.50. The molecule has 0 bridgehead atoms. The molecule has 0 atom stereocenters. The zero-order chi connectivity index (χ0) is 17.7. The van der Waals surface area contributed by atoms with E-state index in [1.807, 2.05) is 26.0 Å². The molecule has 0 aromatic heterocycles. The van der Waals surface area contributed by atoms with Crippen LogP contribution in [-0.4, -0.2) is 18.8 Å². The standard InChI is InChI=1S/C18H17Br2NO3/c1-3-12-7-15(20)6-11(2)18(12)21-17(23)10-24-16-5-4-14(19)8-13(16)9-22/h4-9H,3,10H2,1-2H3,(H,21,23). The van der Waals surface area contributed by atoms with Crippen molar-refractivity contribution in [1.82, 2.24) is 0 Å². The van der Waals surface area contributed by atoms with Crippen LogP contribution in [-0.2, 0) is 11.2 Å². The maximum atomic E-state index is 12.2. The number of hydrogen-bond acceptors (Lipinski definition) is 3. The van der Waals surface area contributed by atoms with Crippen molar-refractivity contribution in [3.8, 4) is 5.75 Å². The molecule has 0 radical (unpaired) electrons. The fourth-order valence-corrected chi connectivity index (χ4v) is 3.33. The Morgan fingerprint density at radius 1 is 1.21 bits per heavy atom. The van der Waals surface area contributed by atoms with Crippen LogP contribution >= 0.6 is 31.9 Å². The molecular formula is C18H17Br2NO3. The summed E-state index contributed by atoms with van der Waals surface area (Å²) in [5, 5.41) is 2.89. The van der Waals surface area contributed by atoms with Gasteiger partial charge in [0, 0.05) is 14.6 Å². The zero-order valence-corrected chi connectivity index (χ0v) is 16.5. The fourth-order valence-electron chi connectivity index (χ4n) is 2.33. The predicted octanol–water partition coefficient (Wildman–Crippen LogP) is 4.91. The van der Waals surface area contributed by atoms with Crippen LogP contribution in [0.2, 0.25) is 0 Å². The summed E-state index contributed by atoms with van der Waals surface area (Å²) in [6, 6.07) is 9.00. The number of hydrogen-bond donors (Lipinski definition) is 1. The SMILES string of the molecule is CCc1cc(Br)cc(C)c1NC(=O)COc1ccc(Br)cc1C=O. The first-order valence-electron chi connectivity index (χ1n) is 7.41. The maximum Gasteiger partial charge on any atom is 0.262 e. The first kappa shape index (κ1) is 18.7. The number of benzene rings is 2. The van der Waals surface area contributed by atoms with Gasteiger partial charge in [-0.2, -0.15) is 0 Å². The lowest BCUT2D eigenvalue weighted by molar-refractivity contribution is -0.118. The molecule has 1 N–H and O–H groups in total. The van der Waals surface area contributed by atoms with Gasteiger partial charge in [0.1, 0.15) is 5.75 Å². The van der Waals surface area contributed by atoms with Gasteiger partial charge in [-0.3, -0.25) is 9.59 Å². The van der Waals surface area contributed by atoms with Crippen molar-refractivity contribution in [3.05, 3.63) is 56.0 Å². The topological polar surface area (TPSA) is 55.4 Å². The average molecular weight is 455 g/mol. The van der Waals surface area contributed by atoms with Crippen LogP contribution in [0.5, 0.6) is 5.75 Å². The van der Waals surface area contributed by atoms with Gasteiger partial charge in [0.2, 0.25) is 0 Å². The summed E-state index contributed by atoms with van der Waals surface area (Å²) in [5.41, 5.74) is 3.23. The Balaban J connectivity index is 2.08. The minimum atomic E-state index is -0.269. The highest BCUT2D eigenvalue weighted by atomic mass is 79.9. The molecule has 2 aromatic carbocycles. The van der Waals surface area contributed by atoms with Crippen molar-refractivity contribution in [2.45, 2.75) is 20.3 Å². The Morgan fingerprint density at radius 2 is 1.96 bits per heavy atom. The van der Waals surface area contributed by atoms with E-state index in [-0.39, 0.29) is 12.5 Å². The van der Waals surface area contributed by atoms with Gasteiger partial charge in [-0.15, -0.1) is 0 Å². The van der Waals surface area contributed by atoms with Gasteiger partial charge in [-0.25, -0.2) is 0 Å². The number of aryl methyl sites for hydroxylation is 2. The second-order valence-electron chi connectivity index (χ2n) is 5.25. The Hall–Kier alpha value is -1.66. The van der Waals surface area contributed by atoms with Crippen molar-refractivity contribution in [2.24, 2.45) is 0 Å². The number of rotatable bonds is 6. The Kier molecular flexibility index (Phi) is 6.57. The molecular weight excluding hydrogens is 438 g/mol. The van der Waals surface area contributed by atoms with E-state index >= 15 is 0 Å². The Morgan fingerprint density at radius 3 is 2.62 bits per heavy atom. The second-order valence-corrected chi connectivity index (χ2v) is 7.08. The van der Waals surface area contributed by atoms with Crippen LogP contribution in [0.1, 0.15) is 28.4 Å². The average Bonchev–Trinajstić information content (AvgIpc) is 2.55. The minimum Gasteiger partial charge on any atom is -0.483 e. The van der Waals surface area contributed by atoms with Gasteiger partial charge >= 0.3 is 0 Å². The Labute approximate surface area is 157 Å². The third-order valence-corrected chi connectivity index (χ3v) is 4.44. The van der Waals surface area contributed by atoms with Crippen LogP contribution < -0.4 is 10.1 Å². The number of aldehydes is 1. The lowest BCUT2D eigenvalue weighted by Crippen LogP contribution is -2.21. The molecule has 2 rings (SSSR count). The van der Waals surface area contributed by atoms with E-state index in [1.54, 1.807) is 18.2 Å². The van der Waals surface area contributed by atoms with E-state index in [1.165, 1.54) is 0 Å². The monoisotopic (exact) mass is 453 g/mol. The highest BCUT2D eigenvalue weighted by Gasteiger charge is 2.12. The molecule has 0 saturated heterocycles. The maximum absolute atomic E-state index is 12.2. The van der Waals surface area contributed by atoms with Crippen LogP contribution in [0.25, 0.3) is 0 Å². The van der Waals surface area contributed by atoms with Crippen molar-refractivity contribution in [2.75, 3.05) is 11.9 Å². The molecule has 4 nitrogen and oxygen atoms in total. The highest BCUT2D eigenvalue weighted by molar-refractivity contribution is 9.10. The number of ether oxygens (including phenoxy) is 1. The summed E-state index contributed by atoms with van der Waals surface area (Å²) in [4.78, 5) is 23.3. The summed E-state index contributed by atoms with van der Waals surface area (Å²) in [6.45, 7) is 3.81. The number of halogens is 2. The lowest BCUT2D eigenvalue weighted by Gasteiger charge is -2.14. The van der Waals surface area contributed by atoms with Crippen LogP contribution in [0.15, 0.2) is 39.3 Å². The number of amides is 1. The van der Waals surface area contributed by atoms with Crippen LogP contribution in [0.3, 0.4) is 0 Å². The second kappa shape index (κ2) is 8.44.